The van der Waals surface area contributed by atoms with Gasteiger partial charge in [0.2, 0.25) is 5.91 Å². The molecule has 0 radical (unpaired) electrons. The third-order valence-corrected chi connectivity index (χ3v) is 4.60. The predicted octanol–water partition coefficient (Wildman–Crippen LogP) is 0.352. The lowest BCUT2D eigenvalue weighted by molar-refractivity contribution is -0.119. The van der Waals surface area contributed by atoms with Crippen molar-refractivity contribution < 1.29 is 19.1 Å². The van der Waals surface area contributed by atoms with Crippen LogP contribution in [-0.2, 0) is 16.0 Å². The zero-order valence-corrected chi connectivity index (χ0v) is 15.0. The van der Waals surface area contributed by atoms with Gasteiger partial charge in [0.25, 0.3) is 5.91 Å². The highest BCUT2D eigenvalue weighted by Gasteiger charge is 2.26. The molecule has 1 aromatic heterocycles. The summed E-state index contributed by atoms with van der Waals surface area (Å²) in [7, 11) is 1.33. The number of nitrogens with one attached hydrogen (secondary N) is 2. The van der Waals surface area contributed by atoms with Crippen molar-refractivity contribution in [2.75, 3.05) is 26.7 Å². The number of piperidine rings is 1. The van der Waals surface area contributed by atoms with Crippen molar-refractivity contribution in [3.63, 3.8) is 0 Å². The highest BCUT2D eigenvalue weighted by atomic mass is 16.5. The number of methoxy groups -OCH3 is 1. The Hall–Kier alpha value is -2.35. The summed E-state index contributed by atoms with van der Waals surface area (Å²) in [6.07, 6.45) is 2.11. The fourth-order valence-electron chi connectivity index (χ4n) is 3.24. The van der Waals surface area contributed by atoms with Gasteiger partial charge in [-0.25, -0.2) is 4.79 Å². The maximum Gasteiger partial charge on any atom is 0.339 e. The molecule has 2 heterocycles. The minimum atomic E-state index is -0.440. The molecule has 2 amide bonds. The molecule has 25 heavy (non-hydrogen) atoms. The molecule has 1 aromatic rings. The van der Waals surface area contributed by atoms with Crippen LogP contribution in [0.4, 0.5) is 0 Å². The highest BCUT2D eigenvalue weighted by molar-refractivity contribution is 6.00. The number of primary amides is 1. The largest absolute Gasteiger partial charge is 0.465 e. The van der Waals surface area contributed by atoms with E-state index < -0.39 is 5.97 Å². The number of likely N-dealkylation sites (tertiary alicyclic amines) is 1. The minimum absolute atomic E-state index is 0.0333. The number of aryl methyl sites for hydroxylation is 1. The van der Waals surface area contributed by atoms with Crippen LogP contribution in [-0.4, -0.2) is 60.5 Å². The molecule has 138 valence electrons. The number of hydrogen-bond acceptors (Lipinski definition) is 5. The van der Waals surface area contributed by atoms with E-state index in [0.29, 0.717) is 42.0 Å². The van der Waals surface area contributed by atoms with E-state index in [2.05, 4.69) is 10.3 Å². The third kappa shape index (κ3) is 4.39. The molecule has 8 heteroatoms. The first-order valence-electron chi connectivity index (χ1n) is 8.48. The van der Waals surface area contributed by atoms with Crippen molar-refractivity contribution in [1.29, 1.82) is 0 Å². The number of carbonyl (C=O) groups excluding carboxylic acids is 3. The fourth-order valence-corrected chi connectivity index (χ4v) is 3.24. The fraction of sp³-hybridized carbons (Fsp3) is 0.588. The zero-order valence-electron chi connectivity index (χ0n) is 15.0. The first-order chi connectivity index (χ1) is 11.9. The van der Waals surface area contributed by atoms with Crippen LogP contribution in [0.1, 0.15) is 51.9 Å². The number of nitrogens with two attached hydrogens (primary N) is 1. The molecule has 8 nitrogen and oxygen atoms in total. The molecule has 0 aromatic carbocycles. The standard InChI is InChI=1S/C17H26N4O4/c1-4-12-14(17(24)25-3)10(2)15(20-12)16(23)19-11-5-7-21(8-6-11)9-13(18)22/h11,20H,4-9H2,1-3H3,(H2,18,22)(H,19,23). The first kappa shape index (κ1) is 19.0. The van der Waals surface area contributed by atoms with Gasteiger partial charge in [0.15, 0.2) is 0 Å². The van der Waals surface area contributed by atoms with Crippen molar-refractivity contribution in [2.45, 2.75) is 39.2 Å². The topological polar surface area (TPSA) is 118 Å². The van der Waals surface area contributed by atoms with Gasteiger partial charge < -0.3 is 20.8 Å². The molecular weight excluding hydrogens is 324 g/mol. The van der Waals surface area contributed by atoms with Crippen LogP contribution in [0.2, 0.25) is 0 Å². The molecule has 1 saturated heterocycles. The van der Waals surface area contributed by atoms with Gasteiger partial charge in [0.1, 0.15) is 5.69 Å². The molecule has 1 aliphatic heterocycles. The second-order valence-electron chi connectivity index (χ2n) is 6.31. The number of amides is 2. The Morgan fingerprint density at radius 1 is 1.32 bits per heavy atom. The number of aromatic amines is 1. The van der Waals surface area contributed by atoms with Gasteiger partial charge in [-0.15, -0.1) is 0 Å². The Bertz CT molecular complexity index is 660. The van der Waals surface area contributed by atoms with Crippen LogP contribution in [0.25, 0.3) is 0 Å². The average Bonchev–Trinajstić information content (AvgIpc) is 2.92. The molecule has 2 rings (SSSR count). The van der Waals surface area contributed by atoms with E-state index in [9.17, 15) is 14.4 Å². The normalized spacial score (nSPS) is 15.8. The number of hydrogen-bond donors (Lipinski definition) is 3. The molecule has 0 saturated carbocycles. The molecule has 0 bridgehead atoms. The Morgan fingerprint density at radius 2 is 1.96 bits per heavy atom. The van der Waals surface area contributed by atoms with Crippen LogP contribution in [0.5, 0.6) is 0 Å². The summed E-state index contributed by atoms with van der Waals surface area (Å²) in [4.78, 5) is 40.5. The van der Waals surface area contributed by atoms with Crippen molar-refractivity contribution in [3.05, 3.63) is 22.5 Å². The van der Waals surface area contributed by atoms with Crippen LogP contribution in [0, 0.1) is 6.92 Å². The van der Waals surface area contributed by atoms with Gasteiger partial charge in [-0.1, -0.05) is 6.92 Å². The van der Waals surface area contributed by atoms with Crippen LogP contribution < -0.4 is 11.1 Å². The lowest BCUT2D eigenvalue weighted by Gasteiger charge is -2.31. The number of nitrogens with zero attached hydrogens (tertiary/aromatic N) is 1. The van der Waals surface area contributed by atoms with E-state index in [4.69, 9.17) is 10.5 Å². The van der Waals surface area contributed by atoms with Gasteiger partial charge in [-0.05, 0) is 31.7 Å². The monoisotopic (exact) mass is 350 g/mol. The van der Waals surface area contributed by atoms with Crippen LogP contribution >= 0.6 is 0 Å². The van der Waals surface area contributed by atoms with Crippen molar-refractivity contribution in [1.82, 2.24) is 15.2 Å². The van der Waals surface area contributed by atoms with E-state index in [1.165, 1.54) is 7.11 Å². The lowest BCUT2D eigenvalue weighted by atomic mass is 10.0. The van der Waals surface area contributed by atoms with Crippen LogP contribution in [0.3, 0.4) is 0 Å². The van der Waals surface area contributed by atoms with E-state index in [1.54, 1.807) is 6.92 Å². The number of esters is 1. The Morgan fingerprint density at radius 3 is 2.48 bits per heavy atom. The Kier molecular flexibility index (Phi) is 6.19. The van der Waals surface area contributed by atoms with Crippen molar-refractivity contribution >= 4 is 17.8 Å². The number of aromatic nitrogens is 1. The van der Waals surface area contributed by atoms with E-state index >= 15 is 0 Å². The molecular formula is C17H26N4O4. The predicted molar refractivity (Wildman–Crippen MR) is 92.4 cm³/mol. The maximum absolute atomic E-state index is 12.6. The summed E-state index contributed by atoms with van der Waals surface area (Å²) in [5.41, 5.74) is 7.34. The van der Waals surface area contributed by atoms with E-state index in [1.807, 2.05) is 11.8 Å². The van der Waals surface area contributed by atoms with Gasteiger partial charge >= 0.3 is 5.97 Å². The van der Waals surface area contributed by atoms with E-state index in [-0.39, 0.29) is 24.4 Å². The summed E-state index contributed by atoms with van der Waals surface area (Å²) in [6.45, 7) is 5.33. The Labute approximate surface area is 147 Å². The summed E-state index contributed by atoms with van der Waals surface area (Å²) < 4.78 is 4.81. The third-order valence-electron chi connectivity index (χ3n) is 4.60. The van der Waals surface area contributed by atoms with Crippen LogP contribution in [0.15, 0.2) is 0 Å². The minimum Gasteiger partial charge on any atom is -0.465 e. The molecule has 1 fully saturated rings. The molecule has 1 aliphatic rings. The molecule has 0 atom stereocenters. The lowest BCUT2D eigenvalue weighted by Crippen LogP contribution is -2.46. The molecule has 0 unspecified atom stereocenters. The second-order valence-corrected chi connectivity index (χ2v) is 6.31. The molecule has 4 N–H and O–H groups in total. The quantitative estimate of drug-likeness (QED) is 0.640. The first-order valence-corrected chi connectivity index (χ1v) is 8.48. The van der Waals surface area contributed by atoms with E-state index in [0.717, 1.165) is 12.8 Å². The van der Waals surface area contributed by atoms with Crippen molar-refractivity contribution in [2.24, 2.45) is 5.73 Å². The number of rotatable bonds is 6. The smallest absolute Gasteiger partial charge is 0.339 e. The second kappa shape index (κ2) is 8.15. The number of H-pyrrole nitrogens is 1. The summed E-state index contributed by atoms with van der Waals surface area (Å²) in [5, 5.41) is 3.01. The average molecular weight is 350 g/mol. The van der Waals surface area contributed by atoms with Gasteiger partial charge in [-0.2, -0.15) is 0 Å². The highest BCUT2D eigenvalue weighted by Crippen LogP contribution is 2.21. The zero-order chi connectivity index (χ0) is 18.6. The molecule has 0 aliphatic carbocycles. The maximum atomic E-state index is 12.6. The van der Waals surface area contributed by atoms with Gasteiger partial charge in [-0.3, -0.25) is 14.5 Å². The summed E-state index contributed by atoms with van der Waals surface area (Å²) >= 11 is 0. The molecule has 0 spiro atoms. The Balaban J connectivity index is 2.03. The summed E-state index contributed by atoms with van der Waals surface area (Å²) in [6, 6.07) is 0.0333. The van der Waals surface area contributed by atoms with Gasteiger partial charge in [0, 0.05) is 24.8 Å². The number of carbonyl (C=O) groups is 3. The summed E-state index contributed by atoms with van der Waals surface area (Å²) in [5.74, 6) is -1.01. The van der Waals surface area contributed by atoms with Gasteiger partial charge in [0.05, 0.1) is 19.2 Å². The van der Waals surface area contributed by atoms with Crippen molar-refractivity contribution in [3.8, 4) is 0 Å². The number of ether oxygens (including phenoxy) is 1. The SMILES string of the molecule is CCc1[nH]c(C(=O)NC2CCN(CC(N)=O)CC2)c(C)c1C(=O)OC.